The molecule has 1 aromatic carbocycles. The van der Waals surface area contributed by atoms with E-state index in [1.807, 2.05) is 24.3 Å². The Hall–Kier alpha value is -2.80. The average Bonchev–Trinajstić information content (AvgIpc) is 2.69. The number of aromatic nitrogens is 3. The summed E-state index contributed by atoms with van der Waals surface area (Å²) in [4.78, 5) is 38.0. The second kappa shape index (κ2) is 8.93. The molecule has 3 aromatic rings. The Morgan fingerprint density at radius 3 is 2.57 bits per heavy atom. The lowest BCUT2D eigenvalue weighted by Gasteiger charge is -2.18. The smallest absolute Gasteiger partial charge is 0.254 e. The molecule has 0 bridgehead atoms. The Kier molecular flexibility index (Phi) is 6.36. The topological polar surface area (TPSA) is 79.0 Å². The summed E-state index contributed by atoms with van der Waals surface area (Å²) in [5.74, 6) is 0.485. The number of benzene rings is 1. The van der Waals surface area contributed by atoms with Crippen molar-refractivity contribution in [2.45, 2.75) is 26.3 Å². The first-order chi connectivity index (χ1) is 13.5. The van der Waals surface area contributed by atoms with Gasteiger partial charge in [0.1, 0.15) is 5.82 Å². The molecule has 0 unspecified atom stereocenters. The molecule has 28 heavy (non-hydrogen) atoms. The maximum Gasteiger partial charge on any atom is 0.254 e. The van der Waals surface area contributed by atoms with Crippen LogP contribution < -0.4 is 5.56 Å². The standard InChI is InChI=1S/C21H21BrN4O2/c1-14-17(21(28)25-20(24-14)15-9-11-23-12-10-15)7-8-19(27)26(2)13-16-5-3-4-6-18(16)22/h3-6,9-12H,7-8,13H2,1-2H3,(H,24,25,28). The normalized spacial score (nSPS) is 10.7. The number of amides is 1. The van der Waals surface area contributed by atoms with Gasteiger partial charge in [-0.3, -0.25) is 14.6 Å². The summed E-state index contributed by atoms with van der Waals surface area (Å²) in [6.07, 6.45) is 3.90. The Labute approximate surface area is 171 Å². The molecule has 2 aromatic heterocycles. The number of nitrogens with zero attached hydrogens (tertiary/aromatic N) is 3. The minimum absolute atomic E-state index is 0.0206. The highest BCUT2D eigenvalue weighted by atomic mass is 79.9. The van der Waals surface area contributed by atoms with E-state index < -0.39 is 0 Å². The molecule has 0 saturated carbocycles. The van der Waals surface area contributed by atoms with Crippen molar-refractivity contribution in [2.24, 2.45) is 0 Å². The number of carbonyl (C=O) groups is 1. The van der Waals surface area contributed by atoms with Crippen LogP contribution in [0.3, 0.4) is 0 Å². The highest BCUT2D eigenvalue weighted by molar-refractivity contribution is 9.10. The van der Waals surface area contributed by atoms with Gasteiger partial charge in [0, 0.05) is 53.7 Å². The van der Waals surface area contributed by atoms with Crippen molar-refractivity contribution >= 4 is 21.8 Å². The molecule has 0 aliphatic carbocycles. The number of pyridine rings is 1. The van der Waals surface area contributed by atoms with E-state index in [2.05, 4.69) is 30.9 Å². The third-order valence-electron chi connectivity index (χ3n) is 4.56. The van der Waals surface area contributed by atoms with Gasteiger partial charge >= 0.3 is 0 Å². The van der Waals surface area contributed by atoms with Crippen molar-refractivity contribution in [3.8, 4) is 11.4 Å². The van der Waals surface area contributed by atoms with Gasteiger partial charge in [-0.1, -0.05) is 34.1 Å². The molecule has 0 spiro atoms. The maximum absolute atomic E-state index is 12.5. The van der Waals surface area contributed by atoms with E-state index in [0.29, 0.717) is 30.0 Å². The van der Waals surface area contributed by atoms with Crippen LogP contribution in [0.2, 0.25) is 0 Å². The number of H-pyrrole nitrogens is 1. The number of nitrogens with one attached hydrogen (secondary N) is 1. The van der Waals surface area contributed by atoms with Crippen molar-refractivity contribution < 1.29 is 4.79 Å². The molecule has 6 nitrogen and oxygen atoms in total. The first-order valence-electron chi connectivity index (χ1n) is 8.93. The molecule has 1 N–H and O–H groups in total. The van der Waals surface area contributed by atoms with Gasteiger partial charge in [0.05, 0.1) is 0 Å². The highest BCUT2D eigenvalue weighted by Gasteiger charge is 2.15. The van der Waals surface area contributed by atoms with Crippen LogP contribution >= 0.6 is 15.9 Å². The van der Waals surface area contributed by atoms with E-state index in [4.69, 9.17) is 0 Å². The van der Waals surface area contributed by atoms with Crippen LogP contribution in [0.5, 0.6) is 0 Å². The Morgan fingerprint density at radius 2 is 1.89 bits per heavy atom. The quantitative estimate of drug-likeness (QED) is 0.635. The van der Waals surface area contributed by atoms with Crippen LogP contribution in [0.25, 0.3) is 11.4 Å². The van der Waals surface area contributed by atoms with Crippen LogP contribution in [-0.4, -0.2) is 32.8 Å². The van der Waals surface area contributed by atoms with E-state index in [1.165, 1.54) is 0 Å². The molecule has 0 saturated heterocycles. The van der Waals surface area contributed by atoms with Crippen LogP contribution in [0, 0.1) is 6.92 Å². The lowest BCUT2D eigenvalue weighted by Crippen LogP contribution is -2.27. The molecule has 0 fully saturated rings. The zero-order valence-electron chi connectivity index (χ0n) is 15.8. The van der Waals surface area contributed by atoms with Crippen LogP contribution in [0.1, 0.15) is 23.2 Å². The third-order valence-corrected chi connectivity index (χ3v) is 5.33. The lowest BCUT2D eigenvalue weighted by molar-refractivity contribution is -0.130. The summed E-state index contributed by atoms with van der Waals surface area (Å²) in [5.41, 5.74) is 2.81. The van der Waals surface area contributed by atoms with Gasteiger partial charge in [-0.15, -0.1) is 0 Å². The minimum atomic E-state index is -0.208. The lowest BCUT2D eigenvalue weighted by atomic mass is 10.1. The first kappa shape index (κ1) is 19.9. The predicted octanol–water partition coefficient (Wildman–Crippen LogP) is 3.49. The highest BCUT2D eigenvalue weighted by Crippen LogP contribution is 2.18. The van der Waals surface area contributed by atoms with Crippen LogP contribution in [0.15, 0.2) is 58.1 Å². The number of carbonyl (C=O) groups excluding carboxylic acids is 1. The minimum Gasteiger partial charge on any atom is -0.341 e. The fourth-order valence-electron chi connectivity index (χ4n) is 2.94. The third kappa shape index (κ3) is 4.72. The molecule has 0 atom stereocenters. The zero-order chi connectivity index (χ0) is 20.1. The van der Waals surface area contributed by atoms with Crippen molar-refractivity contribution in [1.29, 1.82) is 0 Å². The largest absolute Gasteiger partial charge is 0.341 e. The summed E-state index contributed by atoms with van der Waals surface area (Å²) in [7, 11) is 1.77. The van der Waals surface area contributed by atoms with Crippen LogP contribution in [0.4, 0.5) is 0 Å². The molecule has 7 heteroatoms. The summed E-state index contributed by atoms with van der Waals surface area (Å²) < 4.78 is 0.970. The number of hydrogen-bond acceptors (Lipinski definition) is 4. The van der Waals surface area contributed by atoms with Crippen molar-refractivity contribution in [3.05, 3.63) is 80.4 Å². The average molecular weight is 441 g/mol. The molecule has 2 heterocycles. The Morgan fingerprint density at radius 1 is 1.18 bits per heavy atom. The van der Waals surface area contributed by atoms with E-state index >= 15 is 0 Å². The van der Waals surface area contributed by atoms with E-state index in [0.717, 1.165) is 15.6 Å². The molecular weight excluding hydrogens is 420 g/mol. The molecule has 144 valence electrons. The molecule has 0 aliphatic heterocycles. The number of hydrogen-bond donors (Lipinski definition) is 1. The predicted molar refractivity (Wildman–Crippen MR) is 112 cm³/mol. The molecular formula is C21H21BrN4O2. The number of rotatable bonds is 6. The summed E-state index contributed by atoms with van der Waals surface area (Å²) in [6.45, 7) is 2.30. The second-order valence-corrected chi connectivity index (χ2v) is 7.41. The van der Waals surface area contributed by atoms with Gasteiger partial charge < -0.3 is 9.88 Å². The van der Waals surface area contributed by atoms with Gasteiger partial charge in [0.25, 0.3) is 5.56 Å². The van der Waals surface area contributed by atoms with Crippen molar-refractivity contribution in [2.75, 3.05) is 7.05 Å². The van der Waals surface area contributed by atoms with Gasteiger partial charge in [-0.05, 0) is 37.1 Å². The SMILES string of the molecule is Cc1nc(-c2ccncc2)[nH]c(=O)c1CCC(=O)N(C)Cc1ccccc1Br. The molecule has 3 rings (SSSR count). The zero-order valence-corrected chi connectivity index (χ0v) is 17.4. The first-order valence-corrected chi connectivity index (χ1v) is 9.72. The van der Waals surface area contributed by atoms with E-state index in [9.17, 15) is 9.59 Å². The number of halogens is 1. The fourth-order valence-corrected chi connectivity index (χ4v) is 3.35. The van der Waals surface area contributed by atoms with Gasteiger partial charge in [-0.2, -0.15) is 0 Å². The van der Waals surface area contributed by atoms with E-state index in [-0.39, 0.29) is 17.9 Å². The monoisotopic (exact) mass is 440 g/mol. The van der Waals surface area contributed by atoms with E-state index in [1.54, 1.807) is 43.4 Å². The van der Waals surface area contributed by atoms with Gasteiger partial charge in [0.15, 0.2) is 0 Å². The van der Waals surface area contributed by atoms with Crippen molar-refractivity contribution in [1.82, 2.24) is 19.9 Å². The van der Waals surface area contributed by atoms with Gasteiger partial charge in [-0.25, -0.2) is 4.98 Å². The molecule has 0 radical (unpaired) electrons. The second-order valence-electron chi connectivity index (χ2n) is 6.56. The fraction of sp³-hybridized carbons (Fsp3) is 0.238. The molecule has 1 amide bonds. The summed E-state index contributed by atoms with van der Waals surface area (Å²) in [6, 6.07) is 11.4. The van der Waals surface area contributed by atoms with Crippen LogP contribution in [-0.2, 0) is 17.8 Å². The molecule has 0 aliphatic rings. The van der Waals surface area contributed by atoms with Gasteiger partial charge in [0.2, 0.25) is 5.91 Å². The maximum atomic E-state index is 12.5. The number of aromatic amines is 1. The summed E-state index contributed by atoms with van der Waals surface area (Å²) in [5, 5.41) is 0. The Bertz CT molecular complexity index is 1030. The summed E-state index contributed by atoms with van der Waals surface area (Å²) >= 11 is 3.50. The van der Waals surface area contributed by atoms with Crippen molar-refractivity contribution in [3.63, 3.8) is 0 Å². The Balaban J connectivity index is 1.68. The number of aryl methyl sites for hydroxylation is 1.